The number of nitrogens with one attached hydrogen (secondary N) is 1. The fraction of sp³-hybridized carbons (Fsp3) is 0.462. The van der Waals surface area contributed by atoms with E-state index in [4.69, 9.17) is 10.5 Å². The van der Waals surface area contributed by atoms with Crippen LogP contribution in [0.3, 0.4) is 0 Å². The molecule has 0 radical (unpaired) electrons. The number of hydrogen-bond donors (Lipinski definition) is 2. The average Bonchev–Trinajstić information content (AvgIpc) is 3.17. The van der Waals surface area contributed by atoms with Gasteiger partial charge in [-0.15, -0.1) is 24.0 Å². The lowest BCUT2D eigenvalue weighted by molar-refractivity contribution is -0.183. The molecule has 8 heteroatoms. The molecule has 0 aliphatic heterocycles. The zero-order chi connectivity index (χ0) is 14.8. The van der Waals surface area contributed by atoms with Crippen LogP contribution >= 0.6 is 24.0 Å². The van der Waals surface area contributed by atoms with E-state index in [0.29, 0.717) is 11.4 Å². The van der Waals surface area contributed by atoms with Gasteiger partial charge in [0.15, 0.2) is 5.96 Å². The summed E-state index contributed by atoms with van der Waals surface area (Å²) >= 11 is 0. The maximum absolute atomic E-state index is 12.7. The van der Waals surface area contributed by atoms with Crippen molar-refractivity contribution in [1.29, 1.82) is 0 Å². The van der Waals surface area contributed by atoms with Gasteiger partial charge in [-0.05, 0) is 25.0 Å². The monoisotopic (exact) mass is 415 g/mol. The summed E-state index contributed by atoms with van der Waals surface area (Å²) < 4.78 is 43.2. The molecule has 1 aromatic carbocycles. The number of halogens is 4. The topological polar surface area (TPSA) is 59.6 Å². The molecule has 0 aromatic heterocycles. The molecule has 0 spiro atoms. The minimum absolute atomic E-state index is 0. The van der Waals surface area contributed by atoms with Crippen molar-refractivity contribution in [3.05, 3.63) is 24.3 Å². The van der Waals surface area contributed by atoms with Crippen LogP contribution in [0.1, 0.15) is 12.8 Å². The minimum atomic E-state index is -4.22. The zero-order valence-electron chi connectivity index (χ0n) is 11.4. The number of guanidine groups is 1. The number of methoxy groups -OCH3 is 1. The molecule has 1 aromatic rings. The molecule has 0 bridgehead atoms. The Morgan fingerprint density at radius 2 is 2.10 bits per heavy atom. The molecule has 1 aliphatic rings. The number of alkyl halides is 3. The Morgan fingerprint density at radius 3 is 2.62 bits per heavy atom. The van der Waals surface area contributed by atoms with Crippen LogP contribution in [0.5, 0.6) is 5.75 Å². The largest absolute Gasteiger partial charge is 0.497 e. The average molecular weight is 415 g/mol. The van der Waals surface area contributed by atoms with Gasteiger partial charge in [0.25, 0.3) is 0 Å². The Balaban J connectivity index is 0.00000220. The second-order valence-electron chi connectivity index (χ2n) is 4.84. The maximum Gasteiger partial charge on any atom is 0.396 e. The number of benzene rings is 1. The van der Waals surface area contributed by atoms with Gasteiger partial charge in [-0.1, -0.05) is 6.07 Å². The summed E-state index contributed by atoms with van der Waals surface area (Å²) in [6.45, 7) is -0.334. The summed E-state index contributed by atoms with van der Waals surface area (Å²) in [5, 5.41) is 2.75. The van der Waals surface area contributed by atoms with E-state index in [9.17, 15) is 13.2 Å². The first-order valence-corrected chi connectivity index (χ1v) is 6.14. The van der Waals surface area contributed by atoms with E-state index in [0.717, 1.165) is 0 Å². The third kappa shape index (κ3) is 4.39. The van der Waals surface area contributed by atoms with Crippen LogP contribution in [-0.4, -0.2) is 25.8 Å². The van der Waals surface area contributed by atoms with Crippen molar-refractivity contribution in [2.45, 2.75) is 19.0 Å². The summed E-state index contributed by atoms with van der Waals surface area (Å²) in [6.07, 6.45) is -3.98. The highest BCUT2D eigenvalue weighted by atomic mass is 127. The van der Waals surface area contributed by atoms with E-state index in [1.807, 2.05) is 0 Å². The van der Waals surface area contributed by atoms with Crippen molar-refractivity contribution >= 4 is 35.6 Å². The molecular formula is C13H17F3IN3O. The van der Waals surface area contributed by atoms with Gasteiger partial charge in [0.05, 0.1) is 19.1 Å². The fourth-order valence-corrected chi connectivity index (χ4v) is 1.81. The Labute approximate surface area is 138 Å². The van der Waals surface area contributed by atoms with Crippen LogP contribution in [0.15, 0.2) is 29.3 Å². The molecular weight excluding hydrogens is 398 g/mol. The molecule has 0 heterocycles. The van der Waals surface area contributed by atoms with Crippen LogP contribution in [0.2, 0.25) is 0 Å². The van der Waals surface area contributed by atoms with Crippen molar-refractivity contribution in [1.82, 2.24) is 0 Å². The van der Waals surface area contributed by atoms with Crippen molar-refractivity contribution in [3.8, 4) is 5.75 Å². The van der Waals surface area contributed by atoms with Crippen LogP contribution in [0, 0.1) is 5.41 Å². The second kappa shape index (κ2) is 6.71. The number of nitrogens with zero attached hydrogens (tertiary/aromatic N) is 1. The minimum Gasteiger partial charge on any atom is -0.497 e. The lowest BCUT2D eigenvalue weighted by Crippen LogP contribution is -2.30. The molecule has 21 heavy (non-hydrogen) atoms. The third-order valence-electron chi connectivity index (χ3n) is 3.35. The smallest absolute Gasteiger partial charge is 0.396 e. The van der Waals surface area contributed by atoms with E-state index in [1.165, 1.54) is 7.11 Å². The van der Waals surface area contributed by atoms with Crippen molar-refractivity contribution in [3.63, 3.8) is 0 Å². The molecule has 1 aliphatic carbocycles. The van der Waals surface area contributed by atoms with E-state index in [-0.39, 0.29) is 49.3 Å². The quantitative estimate of drug-likeness (QED) is 0.451. The molecule has 4 nitrogen and oxygen atoms in total. The third-order valence-corrected chi connectivity index (χ3v) is 3.35. The Kier molecular flexibility index (Phi) is 5.71. The summed E-state index contributed by atoms with van der Waals surface area (Å²) in [5.41, 5.74) is 4.55. The normalized spacial score (nSPS) is 16.9. The van der Waals surface area contributed by atoms with Crippen LogP contribution in [-0.2, 0) is 0 Å². The number of anilines is 1. The predicted molar refractivity (Wildman–Crippen MR) is 86.2 cm³/mol. The molecule has 0 amide bonds. The van der Waals surface area contributed by atoms with Crippen molar-refractivity contribution in [2.24, 2.45) is 16.1 Å². The number of aliphatic imine (C=N–C) groups is 1. The highest BCUT2D eigenvalue weighted by Crippen LogP contribution is 2.57. The van der Waals surface area contributed by atoms with Gasteiger partial charge in [-0.3, -0.25) is 4.99 Å². The first-order valence-electron chi connectivity index (χ1n) is 6.14. The first-order chi connectivity index (χ1) is 9.36. The van der Waals surface area contributed by atoms with Gasteiger partial charge in [0, 0.05) is 11.8 Å². The summed E-state index contributed by atoms with van der Waals surface area (Å²) in [5.74, 6) is 0.588. The highest BCUT2D eigenvalue weighted by molar-refractivity contribution is 14.0. The second-order valence-corrected chi connectivity index (χ2v) is 4.84. The highest BCUT2D eigenvalue weighted by Gasteiger charge is 2.63. The van der Waals surface area contributed by atoms with Crippen molar-refractivity contribution < 1.29 is 17.9 Å². The van der Waals surface area contributed by atoms with Crippen LogP contribution in [0.4, 0.5) is 18.9 Å². The molecule has 0 atom stereocenters. The number of ether oxygens (including phenoxy) is 1. The maximum atomic E-state index is 12.7. The van der Waals surface area contributed by atoms with E-state index in [2.05, 4.69) is 10.3 Å². The molecule has 3 N–H and O–H groups in total. The van der Waals surface area contributed by atoms with Crippen LogP contribution in [0.25, 0.3) is 0 Å². The molecule has 1 fully saturated rings. The molecule has 0 saturated heterocycles. The number of rotatable bonds is 4. The Hall–Kier alpha value is -1.19. The van der Waals surface area contributed by atoms with Crippen LogP contribution < -0.4 is 15.8 Å². The van der Waals surface area contributed by atoms with Gasteiger partial charge in [0.1, 0.15) is 5.75 Å². The molecule has 2 rings (SSSR count). The SMILES string of the molecule is COc1cccc(NC(N)=NCC2(C(F)(F)F)CC2)c1.I. The lowest BCUT2D eigenvalue weighted by Gasteiger charge is -2.17. The summed E-state index contributed by atoms with van der Waals surface area (Å²) in [7, 11) is 1.52. The van der Waals surface area contributed by atoms with E-state index >= 15 is 0 Å². The number of nitrogens with two attached hydrogens (primary N) is 1. The van der Waals surface area contributed by atoms with Gasteiger partial charge in [-0.2, -0.15) is 13.2 Å². The fourth-order valence-electron chi connectivity index (χ4n) is 1.81. The molecule has 1 saturated carbocycles. The van der Waals surface area contributed by atoms with Gasteiger partial charge in [-0.25, -0.2) is 0 Å². The Bertz CT molecular complexity index is 516. The zero-order valence-corrected chi connectivity index (χ0v) is 13.7. The number of hydrogen-bond acceptors (Lipinski definition) is 2. The Morgan fingerprint density at radius 1 is 1.43 bits per heavy atom. The first kappa shape index (κ1) is 17.9. The van der Waals surface area contributed by atoms with Gasteiger partial charge >= 0.3 is 6.18 Å². The van der Waals surface area contributed by atoms with E-state index < -0.39 is 11.6 Å². The predicted octanol–water partition coefficient (Wildman–Crippen LogP) is 3.38. The summed E-state index contributed by atoms with van der Waals surface area (Å²) in [6, 6.07) is 6.90. The standard InChI is InChI=1S/C13H16F3N3O.HI/c1-20-10-4-2-3-9(7-10)19-11(17)18-8-12(5-6-12)13(14,15)16;/h2-4,7H,5-6,8H2,1H3,(H3,17,18,19);1H. The van der Waals surface area contributed by atoms with E-state index in [1.54, 1.807) is 24.3 Å². The van der Waals surface area contributed by atoms with Crippen molar-refractivity contribution in [2.75, 3.05) is 19.0 Å². The lowest BCUT2D eigenvalue weighted by atomic mass is 10.1. The molecule has 118 valence electrons. The van der Waals surface area contributed by atoms with Gasteiger partial charge < -0.3 is 15.8 Å². The van der Waals surface area contributed by atoms with Gasteiger partial charge in [0.2, 0.25) is 0 Å². The molecule has 0 unspecified atom stereocenters. The summed E-state index contributed by atoms with van der Waals surface area (Å²) in [4.78, 5) is 3.80.